The minimum Gasteiger partial charge on any atom is -0.459 e. The van der Waals surface area contributed by atoms with E-state index >= 15 is 0 Å². The first-order valence-corrected chi connectivity index (χ1v) is 12.1. The Bertz CT molecular complexity index is 707. The van der Waals surface area contributed by atoms with Gasteiger partial charge in [0.25, 0.3) is 0 Å². The molecule has 0 aromatic heterocycles. The molecule has 0 bridgehead atoms. The lowest BCUT2D eigenvalue weighted by molar-refractivity contribution is -0.279. The lowest BCUT2D eigenvalue weighted by atomic mass is 9.84. The third-order valence-electron chi connectivity index (χ3n) is 7.07. The second kappa shape index (κ2) is 11.4. The molecule has 1 saturated heterocycles. The normalized spacial score (nSPS) is 44.6. The lowest BCUT2D eigenvalue weighted by Crippen LogP contribution is -2.56. The van der Waals surface area contributed by atoms with Crippen LogP contribution in [-0.4, -0.2) is 83.3 Å². The van der Waals surface area contributed by atoms with Crippen LogP contribution in [0.15, 0.2) is 12.2 Å². The summed E-state index contributed by atoms with van der Waals surface area (Å²) in [5.74, 6) is -1.81. The molecule has 0 radical (unpaired) electrons. The van der Waals surface area contributed by atoms with Crippen LogP contribution in [0.4, 0.5) is 0 Å². The zero-order valence-electron chi connectivity index (χ0n) is 21.4. The Balaban J connectivity index is 2.36. The number of aliphatic hydroxyl groups excluding tert-OH is 1. The van der Waals surface area contributed by atoms with Gasteiger partial charge in [0.05, 0.1) is 18.1 Å². The summed E-state index contributed by atoms with van der Waals surface area (Å²) in [6, 6.07) is -0.146. The van der Waals surface area contributed by atoms with Crippen LogP contribution in [0, 0.1) is 17.8 Å². The summed E-state index contributed by atoms with van der Waals surface area (Å²) < 4.78 is 17.9. The van der Waals surface area contributed by atoms with Crippen molar-refractivity contribution < 1.29 is 34.0 Å². The van der Waals surface area contributed by atoms with E-state index in [4.69, 9.17) is 14.2 Å². The van der Waals surface area contributed by atoms with E-state index in [0.717, 1.165) is 0 Å². The smallest absolute Gasteiger partial charge is 0.311 e. The number of ketones is 1. The Morgan fingerprint density at radius 3 is 2.39 bits per heavy atom. The molecule has 0 spiro atoms. The number of allylic oxidation sites excluding steroid dienone is 1. The minimum absolute atomic E-state index is 0.106. The number of ether oxygens (including phenoxy) is 3. The quantitative estimate of drug-likeness (QED) is 0.605. The Labute approximate surface area is 198 Å². The van der Waals surface area contributed by atoms with E-state index in [0.29, 0.717) is 19.3 Å². The molecule has 8 heteroatoms. The van der Waals surface area contributed by atoms with E-state index in [1.165, 1.54) is 19.1 Å². The summed E-state index contributed by atoms with van der Waals surface area (Å²) in [6.07, 6.45) is 0.943. The van der Waals surface area contributed by atoms with Crippen molar-refractivity contribution in [2.75, 3.05) is 14.1 Å². The highest BCUT2D eigenvalue weighted by Crippen LogP contribution is 2.32. The largest absolute Gasteiger partial charge is 0.459 e. The Hall–Kier alpha value is -1.32. The first-order valence-electron chi connectivity index (χ1n) is 12.1. The summed E-state index contributed by atoms with van der Waals surface area (Å²) in [4.78, 5) is 27.8. The zero-order valence-corrected chi connectivity index (χ0v) is 21.4. The van der Waals surface area contributed by atoms with Crippen LogP contribution in [0.5, 0.6) is 0 Å². The van der Waals surface area contributed by atoms with Gasteiger partial charge in [0.15, 0.2) is 12.1 Å². The van der Waals surface area contributed by atoms with E-state index in [1.807, 2.05) is 46.7 Å². The first kappa shape index (κ1) is 27.9. The van der Waals surface area contributed by atoms with Crippen molar-refractivity contribution in [3.8, 4) is 0 Å². The third kappa shape index (κ3) is 6.85. The fourth-order valence-electron chi connectivity index (χ4n) is 4.88. The number of carbonyl (C=O) groups excluding carboxylic acids is 2. The molecule has 2 aliphatic heterocycles. The maximum absolute atomic E-state index is 13.1. The predicted octanol–water partition coefficient (Wildman–Crippen LogP) is 2.31. The molecule has 10 atom stereocenters. The topological polar surface area (TPSA) is 106 Å². The second-order valence-electron chi connectivity index (χ2n) is 10.4. The lowest BCUT2D eigenvalue weighted by Gasteiger charge is -2.43. The molecule has 2 N–H and O–H groups in total. The average Bonchev–Trinajstić information content (AvgIpc) is 2.74. The average molecular weight is 470 g/mol. The summed E-state index contributed by atoms with van der Waals surface area (Å²) in [5, 5.41) is 21.8. The summed E-state index contributed by atoms with van der Waals surface area (Å²) >= 11 is 0. The molecule has 2 rings (SSSR count). The highest BCUT2D eigenvalue weighted by atomic mass is 16.7. The number of nitrogens with zero attached hydrogens (tertiary/aromatic N) is 1. The number of aliphatic hydroxyl groups is 2. The van der Waals surface area contributed by atoms with Gasteiger partial charge < -0.3 is 29.3 Å². The first-order chi connectivity index (χ1) is 15.3. The molecule has 8 nitrogen and oxygen atoms in total. The molecule has 0 saturated carbocycles. The van der Waals surface area contributed by atoms with Gasteiger partial charge in [-0.3, -0.25) is 9.59 Å². The fourth-order valence-corrected chi connectivity index (χ4v) is 4.88. The molecule has 1 unspecified atom stereocenters. The standard InChI is InChI=1S/C25H43NO7/c1-9-20-25(6,30)11-10-19(27)14(2)12-15(3)22(17(5)23(29)32-20)33-24-21(28)18(26(7)8)13-16(4)31-24/h10-11,14-18,20-22,24,28,30H,9,12-13H2,1-8H3/b11-10-/t14-,15+,16-,17-,18+,20+,21-,22+,24?,25+/m1/s1. The van der Waals surface area contributed by atoms with Crippen LogP contribution in [0.3, 0.4) is 0 Å². The van der Waals surface area contributed by atoms with Crippen molar-refractivity contribution in [2.24, 2.45) is 17.8 Å². The van der Waals surface area contributed by atoms with Crippen LogP contribution in [-0.2, 0) is 23.8 Å². The summed E-state index contributed by atoms with van der Waals surface area (Å²) in [7, 11) is 3.80. The van der Waals surface area contributed by atoms with Crippen LogP contribution in [0.1, 0.15) is 60.8 Å². The summed E-state index contributed by atoms with van der Waals surface area (Å²) in [5.41, 5.74) is -1.47. The van der Waals surface area contributed by atoms with E-state index in [2.05, 4.69) is 0 Å². The van der Waals surface area contributed by atoms with Crippen molar-refractivity contribution in [1.29, 1.82) is 0 Å². The van der Waals surface area contributed by atoms with Gasteiger partial charge in [-0.05, 0) is 72.2 Å². The van der Waals surface area contributed by atoms with Gasteiger partial charge in [0.1, 0.15) is 17.8 Å². The third-order valence-corrected chi connectivity index (χ3v) is 7.07. The minimum atomic E-state index is -1.47. The maximum Gasteiger partial charge on any atom is 0.311 e. The molecule has 33 heavy (non-hydrogen) atoms. The fraction of sp³-hybridized carbons (Fsp3) is 0.840. The van der Waals surface area contributed by atoms with E-state index in [-0.39, 0.29) is 29.8 Å². The molecule has 0 amide bonds. The van der Waals surface area contributed by atoms with Gasteiger partial charge in [-0.25, -0.2) is 0 Å². The van der Waals surface area contributed by atoms with Crippen LogP contribution in [0.25, 0.3) is 0 Å². The van der Waals surface area contributed by atoms with Crippen molar-refractivity contribution in [3.05, 3.63) is 12.2 Å². The number of carbonyl (C=O) groups is 2. The molecule has 0 aromatic carbocycles. The molecular formula is C25H43NO7. The molecule has 2 aliphatic rings. The Morgan fingerprint density at radius 1 is 1.18 bits per heavy atom. The Morgan fingerprint density at radius 2 is 1.82 bits per heavy atom. The Kier molecular flexibility index (Phi) is 9.65. The van der Waals surface area contributed by atoms with E-state index in [9.17, 15) is 19.8 Å². The highest BCUT2D eigenvalue weighted by Gasteiger charge is 2.43. The van der Waals surface area contributed by atoms with Crippen LogP contribution < -0.4 is 0 Å². The maximum atomic E-state index is 13.1. The molecular weight excluding hydrogens is 426 g/mol. The van der Waals surface area contributed by atoms with Gasteiger partial charge in [-0.2, -0.15) is 0 Å². The van der Waals surface area contributed by atoms with Crippen LogP contribution in [0.2, 0.25) is 0 Å². The van der Waals surface area contributed by atoms with E-state index < -0.39 is 42.1 Å². The van der Waals surface area contributed by atoms with Gasteiger partial charge in [-0.1, -0.05) is 20.8 Å². The van der Waals surface area contributed by atoms with Gasteiger partial charge in [0.2, 0.25) is 0 Å². The molecule has 2 heterocycles. The molecule has 0 aliphatic carbocycles. The van der Waals surface area contributed by atoms with Gasteiger partial charge in [-0.15, -0.1) is 0 Å². The molecule has 1 fully saturated rings. The highest BCUT2D eigenvalue weighted by molar-refractivity contribution is 5.91. The zero-order chi connectivity index (χ0) is 25.1. The number of likely N-dealkylation sites (N-methyl/N-ethyl adjacent to an activating group) is 1. The van der Waals surface area contributed by atoms with Crippen molar-refractivity contribution in [3.63, 3.8) is 0 Å². The van der Waals surface area contributed by atoms with Crippen molar-refractivity contribution in [1.82, 2.24) is 4.90 Å². The van der Waals surface area contributed by atoms with Gasteiger partial charge >= 0.3 is 5.97 Å². The van der Waals surface area contributed by atoms with Crippen molar-refractivity contribution in [2.45, 2.75) is 103 Å². The summed E-state index contributed by atoms with van der Waals surface area (Å²) in [6.45, 7) is 10.8. The monoisotopic (exact) mass is 469 g/mol. The second-order valence-corrected chi connectivity index (χ2v) is 10.4. The number of esters is 1. The number of rotatable bonds is 4. The predicted molar refractivity (Wildman–Crippen MR) is 124 cm³/mol. The molecule has 190 valence electrons. The van der Waals surface area contributed by atoms with Crippen LogP contribution >= 0.6 is 0 Å². The molecule has 0 aromatic rings. The number of hydrogen-bond acceptors (Lipinski definition) is 8. The van der Waals surface area contributed by atoms with Crippen molar-refractivity contribution >= 4 is 11.8 Å². The number of hydrogen-bond donors (Lipinski definition) is 2. The van der Waals surface area contributed by atoms with E-state index in [1.54, 1.807) is 6.92 Å². The van der Waals surface area contributed by atoms with Gasteiger partial charge in [0, 0.05) is 12.0 Å². The SMILES string of the molecule is CC[C@@H]1OC(=O)[C@H](C)[C@@H](OC2O[C@H](C)C[C@H](N(C)C)[C@H]2O)[C@@H](C)C[C@@H](C)C(=O)/C=C\[C@]1(C)O. The number of cyclic esters (lactones) is 1.